The van der Waals surface area contributed by atoms with Gasteiger partial charge in [-0.25, -0.2) is 18.2 Å². The quantitative estimate of drug-likeness (QED) is 0.268. The van der Waals surface area contributed by atoms with Gasteiger partial charge in [-0.3, -0.25) is 14.9 Å². The number of hydrogen-bond acceptors (Lipinski definition) is 5. The van der Waals surface area contributed by atoms with Gasteiger partial charge in [0.25, 0.3) is 5.92 Å². The van der Waals surface area contributed by atoms with Gasteiger partial charge in [0.05, 0.1) is 23.6 Å². The number of H-pyrrole nitrogens is 1. The molecule has 1 fully saturated rings. The molecule has 0 spiro atoms. The number of benzene rings is 2. The summed E-state index contributed by atoms with van der Waals surface area (Å²) in [5.74, 6) is -2.90. The van der Waals surface area contributed by atoms with E-state index in [1.54, 1.807) is 29.4 Å². The van der Waals surface area contributed by atoms with E-state index in [1.807, 2.05) is 36.4 Å². The zero-order valence-electron chi connectivity index (χ0n) is 21.5. The second-order valence-electron chi connectivity index (χ2n) is 10.3. The molecule has 2 aliphatic rings. The zero-order valence-corrected chi connectivity index (χ0v) is 21.5. The van der Waals surface area contributed by atoms with E-state index in [9.17, 15) is 13.2 Å². The van der Waals surface area contributed by atoms with E-state index in [2.05, 4.69) is 21.4 Å². The largest absolute Gasteiger partial charge is 0.364 e. The van der Waals surface area contributed by atoms with Gasteiger partial charge in [0.2, 0.25) is 0 Å². The van der Waals surface area contributed by atoms with Crippen molar-refractivity contribution < 1.29 is 13.2 Å². The van der Waals surface area contributed by atoms with E-state index in [-0.39, 0.29) is 18.8 Å². The number of rotatable bonds is 5. The fourth-order valence-electron chi connectivity index (χ4n) is 5.51. The SMILES string of the molecule is Fc1ccc(-c2cccc3[nH]c(C4=NCNc5ccc(-c6cncc(CN7CCC(F)(F)C7)c6)nc54)cc23)cc1. The smallest absolute Gasteiger partial charge is 0.261 e. The minimum Gasteiger partial charge on any atom is -0.364 e. The van der Waals surface area contributed by atoms with Crippen LogP contribution in [0.15, 0.2) is 84.1 Å². The first-order chi connectivity index (χ1) is 19.4. The number of hydrogen-bond donors (Lipinski definition) is 2. The number of aliphatic imine (C=N–C) groups is 1. The van der Waals surface area contributed by atoms with Crippen LogP contribution in [0.25, 0.3) is 33.3 Å². The van der Waals surface area contributed by atoms with Crippen LogP contribution in [0, 0.1) is 5.82 Å². The molecule has 5 heterocycles. The maximum atomic E-state index is 13.7. The van der Waals surface area contributed by atoms with Crippen LogP contribution in [0.1, 0.15) is 23.4 Å². The highest BCUT2D eigenvalue weighted by Crippen LogP contribution is 2.33. The molecule has 0 radical (unpaired) electrons. The molecular weight excluding hydrogens is 513 g/mol. The minimum absolute atomic E-state index is 0.110. The molecule has 200 valence electrons. The zero-order chi connectivity index (χ0) is 27.3. The van der Waals surface area contributed by atoms with Crippen molar-refractivity contribution in [1.82, 2.24) is 19.9 Å². The Morgan fingerprint density at radius 3 is 2.65 bits per heavy atom. The van der Waals surface area contributed by atoms with Gasteiger partial charge in [-0.2, -0.15) is 0 Å². The van der Waals surface area contributed by atoms with Gasteiger partial charge in [-0.05, 0) is 59.2 Å². The standard InChI is InChI=1S/C31H25F3N6/c32-22-6-4-20(5-7-22)23-2-1-3-26-24(23)13-28(38-26)29-30-27(36-18-37-29)9-8-25(39-30)21-12-19(14-35-15-21)16-40-11-10-31(33,34)17-40/h1-9,12-15,36,38H,10-11,16-18H2. The van der Waals surface area contributed by atoms with Crippen LogP contribution in [-0.2, 0) is 6.54 Å². The second-order valence-corrected chi connectivity index (χ2v) is 10.3. The Kier molecular flexibility index (Phi) is 5.89. The number of alkyl halides is 2. The Labute approximate surface area is 228 Å². The summed E-state index contributed by atoms with van der Waals surface area (Å²) < 4.78 is 40.9. The van der Waals surface area contributed by atoms with Crippen LogP contribution in [-0.4, -0.2) is 51.2 Å². The molecule has 7 rings (SSSR count). The van der Waals surface area contributed by atoms with Crippen molar-refractivity contribution in [3.8, 4) is 22.4 Å². The first-order valence-electron chi connectivity index (χ1n) is 13.1. The van der Waals surface area contributed by atoms with Crippen molar-refractivity contribution >= 4 is 22.3 Å². The third-order valence-electron chi connectivity index (χ3n) is 7.45. The minimum atomic E-state index is -2.63. The number of nitrogens with one attached hydrogen (secondary N) is 2. The number of fused-ring (bicyclic) bond motifs is 2. The Bertz CT molecular complexity index is 1760. The summed E-state index contributed by atoms with van der Waals surface area (Å²) in [6.45, 7) is 0.975. The van der Waals surface area contributed by atoms with Gasteiger partial charge in [0.1, 0.15) is 23.9 Å². The Hall–Kier alpha value is -4.50. The summed E-state index contributed by atoms with van der Waals surface area (Å²) in [5, 5.41) is 4.30. The predicted molar refractivity (Wildman–Crippen MR) is 150 cm³/mol. The fourth-order valence-corrected chi connectivity index (χ4v) is 5.51. The molecule has 3 aromatic heterocycles. The molecule has 5 aromatic rings. The maximum Gasteiger partial charge on any atom is 0.261 e. The number of pyridine rings is 2. The summed E-state index contributed by atoms with van der Waals surface area (Å²) in [6, 6.07) is 20.4. The van der Waals surface area contributed by atoms with Crippen LogP contribution < -0.4 is 5.32 Å². The number of likely N-dealkylation sites (tertiary alicyclic amines) is 1. The highest BCUT2D eigenvalue weighted by Gasteiger charge is 2.38. The van der Waals surface area contributed by atoms with Crippen LogP contribution in [0.5, 0.6) is 0 Å². The molecule has 0 bridgehead atoms. The molecule has 2 aromatic carbocycles. The molecule has 0 saturated carbocycles. The van der Waals surface area contributed by atoms with E-state index >= 15 is 0 Å². The fraction of sp³-hybridized carbons (Fsp3) is 0.194. The summed E-state index contributed by atoms with van der Waals surface area (Å²) in [5.41, 5.74) is 8.42. The molecule has 6 nitrogen and oxygen atoms in total. The van der Waals surface area contributed by atoms with E-state index in [1.165, 1.54) is 12.1 Å². The Morgan fingerprint density at radius 1 is 0.950 bits per heavy atom. The molecular formula is C31H25F3N6. The maximum absolute atomic E-state index is 13.7. The molecule has 0 atom stereocenters. The van der Waals surface area contributed by atoms with Crippen molar-refractivity contribution in [2.75, 3.05) is 25.1 Å². The number of halogens is 3. The average molecular weight is 539 g/mol. The number of aromatic nitrogens is 3. The third kappa shape index (κ3) is 4.62. The van der Waals surface area contributed by atoms with E-state index in [4.69, 9.17) is 9.98 Å². The van der Waals surface area contributed by atoms with E-state index in [0.717, 1.165) is 55.9 Å². The lowest BCUT2D eigenvalue weighted by atomic mass is 10.0. The van der Waals surface area contributed by atoms with Crippen molar-refractivity contribution in [2.45, 2.75) is 18.9 Å². The molecule has 9 heteroatoms. The molecule has 0 aliphatic carbocycles. The van der Waals surface area contributed by atoms with Crippen molar-refractivity contribution in [1.29, 1.82) is 0 Å². The summed E-state index contributed by atoms with van der Waals surface area (Å²) in [4.78, 5) is 19.3. The monoisotopic (exact) mass is 538 g/mol. The first-order valence-corrected chi connectivity index (χ1v) is 13.1. The van der Waals surface area contributed by atoms with Crippen LogP contribution in [0.3, 0.4) is 0 Å². The van der Waals surface area contributed by atoms with Gasteiger partial charge in [0.15, 0.2) is 0 Å². The highest BCUT2D eigenvalue weighted by molar-refractivity contribution is 6.17. The lowest BCUT2D eigenvalue weighted by Gasteiger charge is -2.18. The van der Waals surface area contributed by atoms with Crippen LogP contribution in [0.4, 0.5) is 18.9 Å². The lowest BCUT2D eigenvalue weighted by Crippen LogP contribution is -2.24. The van der Waals surface area contributed by atoms with Gasteiger partial charge in [-0.1, -0.05) is 24.3 Å². The highest BCUT2D eigenvalue weighted by atomic mass is 19.3. The molecule has 2 N–H and O–H groups in total. The summed E-state index contributed by atoms with van der Waals surface area (Å²) in [7, 11) is 0. The summed E-state index contributed by atoms with van der Waals surface area (Å²) in [6.07, 6.45) is 3.35. The van der Waals surface area contributed by atoms with Crippen molar-refractivity contribution in [3.63, 3.8) is 0 Å². The van der Waals surface area contributed by atoms with Gasteiger partial charge < -0.3 is 10.3 Å². The topological polar surface area (TPSA) is 69.2 Å². The van der Waals surface area contributed by atoms with Gasteiger partial charge >= 0.3 is 0 Å². The number of anilines is 1. The third-order valence-corrected chi connectivity index (χ3v) is 7.45. The Balaban J connectivity index is 1.22. The normalized spacial score (nSPS) is 16.5. The van der Waals surface area contributed by atoms with Crippen LogP contribution in [0.2, 0.25) is 0 Å². The van der Waals surface area contributed by atoms with E-state index in [0.29, 0.717) is 25.5 Å². The average Bonchev–Trinajstić information content (AvgIpc) is 3.55. The number of nitrogens with zero attached hydrogens (tertiary/aromatic N) is 4. The number of aromatic amines is 1. The first kappa shape index (κ1) is 24.5. The van der Waals surface area contributed by atoms with Gasteiger partial charge in [-0.15, -0.1) is 0 Å². The molecule has 0 amide bonds. The lowest BCUT2D eigenvalue weighted by molar-refractivity contribution is 0.0115. The Morgan fingerprint density at radius 2 is 1.82 bits per heavy atom. The molecule has 1 saturated heterocycles. The molecule has 40 heavy (non-hydrogen) atoms. The molecule has 0 unspecified atom stereocenters. The molecule has 2 aliphatic heterocycles. The predicted octanol–water partition coefficient (Wildman–Crippen LogP) is 6.49. The summed E-state index contributed by atoms with van der Waals surface area (Å²) >= 11 is 0. The second kappa shape index (κ2) is 9.60. The van der Waals surface area contributed by atoms with Gasteiger partial charge in [0, 0.05) is 48.4 Å². The van der Waals surface area contributed by atoms with Crippen molar-refractivity contribution in [3.05, 3.63) is 102 Å². The van der Waals surface area contributed by atoms with Crippen molar-refractivity contribution in [2.24, 2.45) is 4.99 Å². The van der Waals surface area contributed by atoms with Crippen LogP contribution >= 0.6 is 0 Å². The van der Waals surface area contributed by atoms with E-state index < -0.39 is 5.92 Å².